The monoisotopic (exact) mass is 474 g/mol. The van der Waals surface area contributed by atoms with E-state index in [-0.39, 0.29) is 30.1 Å². The lowest BCUT2D eigenvalue weighted by Gasteiger charge is -2.36. The Bertz CT molecular complexity index is 620. The van der Waals surface area contributed by atoms with Crippen molar-refractivity contribution >= 4 is 36.0 Å². The van der Waals surface area contributed by atoms with E-state index in [1.165, 1.54) is 11.1 Å². The van der Waals surface area contributed by atoms with Gasteiger partial charge >= 0.3 is 6.09 Å². The van der Waals surface area contributed by atoms with Gasteiger partial charge in [0.15, 0.2) is 5.96 Å². The van der Waals surface area contributed by atoms with Crippen molar-refractivity contribution in [3.63, 3.8) is 0 Å². The molecule has 26 heavy (non-hydrogen) atoms. The van der Waals surface area contributed by atoms with Gasteiger partial charge in [-0.1, -0.05) is 29.8 Å². The molecule has 0 bridgehead atoms. The molecule has 0 unspecified atom stereocenters. The third kappa shape index (κ3) is 7.39. The smallest absolute Gasteiger partial charge is 0.410 e. The fourth-order valence-corrected chi connectivity index (χ4v) is 2.71. The van der Waals surface area contributed by atoms with E-state index in [2.05, 4.69) is 36.2 Å². The highest BCUT2D eigenvalue weighted by molar-refractivity contribution is 14.0. The number of hydrogen-bond acceptors (Lipinski definition) is 3. The topological polar surface area (TPSA) is 71.2 Å². The van der Waals surface area contributed by atoms with Gasteiger partial charge in [-0.2, -0.15) is 0 Å². The van der Waals surface area contributed by atoms with Crippen LogP contribution in [0.5, 0.6) is 0 Å². The predicted octanol–water partition coefficient (Wildman–Crippen LogP) is 3.02. The Balaban J connectivity index is 0.00000338. The largest absolute Gasteiger partial charge is 0.444 e. The Morgan fingerprint density at radius 2 is 1.81 bits per heavy atom. The number of carbonyl (C=O) groups excluding carboxylic acids is 1. The van der Waals surface area contributed by atoms with Crippen molar-refractivity contribution in [2.75, 3.05) is 32.7 Å². The number of nitrogens with two attached hydrogens (primary N) is 1. The van der Waals surface area contributed by atoms with Gasteiger partial charge in [0.2, 0.25) is 0 Å². The van der Waals surface area contributed by atoms with Crippen molar-refractivity contribution in [1.29, 1.82) is 0 Å². The van der Waals surface area contributed by atoms with Gasteiger partial charge in [0, 0.05) is 32.7 Å². The van der Waals surface area contributed by atoms with Crippen LogP contribution < -0.4 is 5.73 Å². The number of hydrogen-bond donors (Lipinski definition) is 1. The summed E-state index contributed by atoms with van der Waals surface area (Å²) in [5.41, 5.74) is 8.17. The standard InChI is InChI=1S/C19H30N4O2.HI/c1-15-6-5-7-16(14-15)8-9-21-17(20)22-10-12-23(13-11-22)18(24)25-19(2,3)4;/h5-7,14H,8-13H2,1-4H3,(H2,20,21);1H. The molecule has 1 saturated heterocycles. The first-order valence-electron chi connectivity index (χ1n) is 8.83. The summed E-state index contributed by atoms with van der Waals surface area (Å²) in [4.78, 5) is 20.3. The number of nitrogens with zero attached hydrogens (tertiary/aromatic N) is 3. The van der Waals surface area contributed by atoms with Crippen molar-refractivity contribution in [3.8, 4) is 0 Å². The number of rotatable bonds is 3. The molecule has 6 nitrogen and oxygen atoms in total. The molecule has 1 amide bonds. The molecule has 0 aliphatic carbocycles. The quantitative estimate of drug-likeness (QED) is 0.416. The van der Waals surface area contributed by atoms with Crippen molar-refractivity contribution in [2.24, 2.45) is 10.7 Å². The number of aliphatic imine (C=N–C) groups is 1. The summed E-state index contributed by atoms with van der Waals surface area (Å²) in [6, 6.07) is 8.43. The average Bonchev–Trinajstić information content (AvgIpc) is 2.53. The van der Waals surface area contributed by atoms with Gasteiger partial charge in [0.05, 0.1) is 0 Å². The summed E-state index contributed by atoms with van der Waals surface area (Å²) in [5.74, 6) is 0.552. The van der Waals surface area contributed by atoms with Crippen molar-refractivity contribution in [3.05, 3.63) is 35.4 Å². The Kier molecular flexibility index (Phi) is 8.66. The number of carbonyl (C=O) groups is 1. The molecule has 1 aliphatic rings. The van der Waals surface area contributed by atoms with Crippen LogP contribution >= 0.6 is 24.0 Å². The van der Waals surface area contributed by atoms with Crippen LogP contribution in [-0.4, -0.2) is 60.2 Å². The first kappa shape index (κ1) is 22.5. The van der Waals surface area contributed by atoms with Gasteiger partial charge in [-0.05, 0) is 39.7 Å². The maximum atomic E-state index is 12.1. The SMILES string of the molecule is Cc1cccc(CCN=C(N)N2CCN(C(=O)OC(C)(C)C)CC2)c1.I. The molecule has 1 fully saturated rings. The fraction of sp³-hybridized carbons (Fsp3) is 0.579. The molecule has 0 aromatic heterocycles. The highest BCUT2D eigenvalue weighted by Crippen LogP contribution is 2.12. The number of piperazine rings is 1. The zero-order valence-electron chi connectivity index (χ0n) is 16.2. The van der Waals surface area contributed by atoms with Crippen LogP contribution in [0.25, 0.3) is 0 Å². The zero-order chi connectivity index (χ0) is 18.4. The van der Waals surface area contributed by atoms with Gasteiger partial charge in [-0.25, -0.2) is 4.79 Å². The highest BCUT2D eigenvalue weighted by Gasteiger charge is 2.26. The summed E-state index contributed by atoms with van der Waals surface area (Å²) >= 11 is 0. The van der Waals surface area contributed by atoms with E-state index in [0.29, 0.717) is 38.7 Å². The Hall–Kier alpha value is -1.51. The molecule has 2 rings (SSSR count). The maximum Gasteiger partial charge on any atom is 0.410 e. The molecular weight excluding hydrogens is 443 g/mol. The van der Waals surface area contributed by atoms with Gasteiger partial charge in [0.25, 0.3) is 0 Å². The summed E-state index contributed by atoms with van der Waals surface area (Å²) in [6.45, 7) is 10.9. The summed E-state index contributed by atoms with van der Waals surface area (Å²) < 4.78 is 5.40. The lowest BCUT2D eigenvalue weighted by atomic mass is 10.1. The normalized spacial score (nSPS) is 15.5. The van der Waals surface area contributed by atoms with E-state index in [1.807, 2.05) is 25.7 Å². The van der Waals surface area contributed by atoms with Gasteiger partial charge in [-0.15, -0.1) is 24.0 Å². The molecule has 0 radical (unpaired) electrons. The third-order valence-electron chi connectivity index (χ3n) is 4.01. The number of amides is 1. The molecule has 2 N–H and O–H groups in total. The van der Waals surface area contributed by atoms with Crippen LogP contribution in [0.2, 0.25) is 0 Å². The summed E-state index contributed by atoms with van der Waals surface area (Å²) in [7, 11) is 0. The van der Waals surface area contributed by atoms with Crippen LogP contribution in [0.1, 0.15) is 31.9 Å². The second-order valence-corrected chi connectivity index (χ2v) is 7.43. The molecular formula is C19H31IN4O2. The predicted molar refractivity (Wildman–Crippen MR) is 116 cm³/mol. The molecule has 1 heterocycles. The third-order valence-corrected chi connectivity index (χ3v) is 4.01. The van der Waals surface area contributed by atoms with Crippen molar-refractivity contribution in [2.45, 2.75) is 39.7 Å². The first-order chi connectivity index (χ1) is 11.7. The minimum atomic E-state index is -0.468. The van der Waals surface area contributed by atoms with E-state index < -0.39 is 5.60 Å². The Labute approximate surface area is 173 Å². The summed E-state index contributed by atoms with van der Waals surface area (Å²) in [6.07, 6.45) is 0.613. The van der Waals surface area contributed by atoms with Crippen molar-refractivity contribution in [1.82, 2.24) is 9.80 Å². The molecule has 146 valence electrons. The van der Waals surface area contributed by atoms with Gasteiger partial charge in [0.1, 0.15) is 5.60 Å². The second kappa shape index (κ2) is 9.99. The minimum absolute atomic E-state index is 0. The van der Waals surface area contributed by atoms with E-state index in [0.717, 1.165) is 6.42 Å². The van der Waals surface area contributed by atoms with E-state index in [9.17, 15) is 4.79 Å². The first-order valence-corrected chi connectivity index (χ1v) is 8.83. The number of benzene rings is 1. The maximum absolute atomic E-state index is 12.1. The van der Waals surface area contributed by atoms with Gasteiger partial charge < -0.3 is 20.3 Å². The molecule has 0 atom stereocenters. The number of guanidine groups is 1. The zero-order valence-corrected chi connectivity index (χ0v) is 18.5. The molecule has 0 spiro atoms. The average molecular weight is 474 g/mol. The molecule has 1 aromatic rings. The lowest BCUT2D eigenvalue weighted by molar-refractivity contribution is 0.0186. The summed E-state index contributed by atoms with van der Waals surface area (Å²) in [5, 5.41) is 0. The number of halogens is 1. The van der Waals surface area contributed by atoms with E-state index >= 15 is 0 Å². The Morgan fingerprint density at radius 1 is 1.19 bits per heavy atom. The molecule has 7 heteroatoms. The van der Waals surface area contributed by atoms with E-state index in [4.69, 9.17) is 10.5 Å². The van der Waals surface area contributed by atoms with Crippen molar-refractivity contribution < 1.29 is 9.53 Å². The van der Waals surface area contributed by atoms with Gasteiger partial charge in [-0.3, -0.25) is 4.99 Å². The molecule has 1 aliphatic heterocycles. The van der Waals surface area contributed by atoms with Crippen LogP contribution in [0.15, 0.2) is 29.3 Å². The highest BCUT2D eigenvalue weighted by atomic mass is 127. The van der Waals surface area contributed by atoms with Crippen LogP contribution in [-0.2, 0) is 11.2 Å². The van der Waals surface area contributed by atoms with Crippen LogP contribution in [0, 0.1) is 6.92 Å². The second-order valence-electron chi connectivity index (χ2n) is 7.43. The molecule has 1 aromatic carbocycles. The minimum Gasteiger partial charge on any atom is -0.444 e. The Morgan fingerprint density at radius 3 is 2.38 bits per heavy atom. The van der Waals surface area contributed by atoms with E-state index in [1.54, 1.807) is 4.90 Å². The number of ether oxygens (including phenoxy) is 1. The van der Waals surface area contributed by atoms with Crippen LogP contribution in [0.4, 0.5) is 4.79 Å². The number of aryl methyl sites for hydroxylation is 1. The van der Waals surface area contributed by atoms with Crippen LogP contribution in [0.3, 0.4) is 0 Å². The fourth-order valence-electron chi connectivity index (χ4n) is 2.71. The lowest BCUT2D eigenvalue weighted by Crippen LogP contribution is -2.53. The molecule has 0 saturated carbocycles.